The Balaban J connectivity index is 2.12. The molecule has 1 heterocycles. The highest BCUT2D eigenvalue weighted by atomic mass is 32.2. The molecule has 0 aliphatic rings. The Labute approximate surface area is 125 Å². The van der Waals surface area contributed by atoms with Crippen LogP contribution in [0.15, 0.2) is 29.3 Å². The van der Waals surface area contributed by atoms with E-state index in [2.05, 4.69) is 55.5 Å². The van der Waals surface area contributed by atoms with Crippen LogP contribution in [0.3, 0.4) is 0 Å². The van der Waals surface area contributed by atoms with Crippen LogP contribution >= 0.6 is 11.8 Å². The van der Waals surface area contributed by atoms with Gasteiger partial charge in [0.2, 0.25) is 0 Å². The summed E-state index contributed by atoms with van der Waals surface area (Å²) in [4.78, 5) is 0. The van der Waals surface area contributed by atoms with Crippen LogP contribution < -0.4 is 5.32 Å². The molecule has 0 aliphatic heterocycles. The molecule has 3 nitrogen and oxygen atoms in total. The summed E-state index contributed by atoms with van der Waals surface area (Å²) in [5.41, 5.74) is 5.13. The van der Waals surface area contributed by atoms with Gasteiger partial charge in [-0.2, -0.15) is 5.10 Å². The summed E-state index contributed by atoms with van der Waals surface area (Å²) < 4.78 is 2.00. The number of nitrogens with zero attached hydrogens (tertiary/aromatic N) is 2. The van der Waals surface area contributed by atoms with Gasteiger partial charge in [-0.1, -0.05) is 36.8 Å². The fourth-order valence-corrected chi connectivity index (χ4v) is 3.37. The van der Waals surface area contributed by atoms with E-state index in [9.17, 15) is 0 Å². The van der Waals surface area contributed by atoms with Gasteiger partial charge in [-0.3, -0.25) is 4.68 Å². The number of rotatable bonds is 6. The molecule has 20 heavy (non-hydrogen) atoms. The molecule has 0 unspecified atom stereocenters. The van der Waals surface area contributed by atoms with Crippen molar-refractivity contribution >= 4 is 11.8 Å². The zero-order chi connectivity index (χ0) is 14.5. The van der Waals surface area contributed by atoms with Crippen molar-refractivity contribution in [3.63, 3.8) is 0 Å². The van der Waals surface area contributed by atoms with Crippen molar-refractivity contribution < 1.29 is 0 Å². The quantitative estimate of drug-likeness (QED) is 0.826. The van der Waals surface area contributed by atoms with E-state index in [0.717, 1.165) is 24.5 Å². The lowest BCUT2D eigenvalue weighted by atomic mass is 10.2. The third-order valence-electron chi connectivity index (χ3n) is 3.30. The zero-order valence-electron chi connectivity index (χ0n) is 12.7. The molecule has 0 spiro atoms. The largest absolute Gasteiger partial charge is 0.313 e. The molecule has 0 aliphatic carbocycles. The van der Waals surface area contributed by atoms with Crippen molar-refractivity contribution in [3.8, 4) is 0 Å². The second-order valence-electron chi connectivity index (χ2n) is 5.05. The van der Waals surface area contributed by atoms with Crippen molar-refractivity contribution in [1.29, 1.82) is 0 Å². The highest BCUT2D eigenvalue weighted by Gasteiger charge is 2.13. The lowest BCUT2D eigenvalue weighted by Gasteiger charge is -2.07. The number of benzene rings is 1. The molecule has 1 aromatic heterocycles. The average Bonchev–Trinajstić information content (AvgIpc) is 2.68. The minimum Gasteiger partial charge on any atom is -0.313 e. The topological polar surface area (TPSA) is 29.9 Å². The molecule has 0 saturated heterocycles. The Kier molecular flexibility index (Phi) is 5.26. The van der Waals surface area contributed by atoms with E-state index in [1.165, 1.54) is 21.7 Å². The molecule has 1 N–H and O–H groups in total. The zero-order valence-corrected chi connectivity index (χ0v) is 13.5. The van der Waals surface area contributed by atoms with Crippen LogP contribution in [0, 0.1) is 13.8 Å². The van der Waals surface area contributed by atoms with E-state index >= 15 is 0 Å². The summed E-state index contributed by atoms with van der Waals surface area (Å²) >= 11 is 1.87. The maximum atomic E-state index is 4.55. The van der Waals surface area contributed by atoms with Gasteiger partial charge in [0.15, 0.2) is 0 Å². The van der Waals surface area contributed by atoms with Crippen LogP contribution in [0.5, 0.6) is 0 Å². The van der Waals surface area contributed by atoms with Crippen molar-refractivity contribution in [2.45, 2.75) is 38.1 Å². The van der Waals surface area contributed by atoms with E-state index in [1.807, 2.05) is 23.5 Å². The van der Waals surface area contributed by atoms with Crippen LogP contribution in [-0.2, 0) is 19.3 Å². The first-order chi connectivity index (χ1) is 9.61. The van der Waals surface area contributed by atoms with Crippen LogP contribution in [0.4, 0.5) is 0 Å². The first kappa shape index (κ1) is 15.1. The Hall–Kier alpha value is -1.26. The van der Waals surface area contributed by atoms with E-state index in [4.69, 9.17) is 0 Å². The number of aromatic nitrogens is 2. The summed E-state index contributed by atoms with van der Waals surface area (Å²) in [6.45, 7) is 8.23. The van der Waals surface area contributed by atoms with Gasteiger partial charge in [0.05, 0.1) is 10.7 Å². The molecule has 1 aromatic carbocycles. The Bertz CT molecular complexity index is 575. The van der Waals surface area contributed by atoms with Crippen LogP contribution in [0.25, 0.3) is 0 Å². The molecule has 0 radical (unpaired) electrons. The number of aryl methyl sites for hydroxylation is 3. The second-order valence-corrected chi connectivity index (χ2v) is 6.01. The lowest BCUT2D eigenvalue weighted by molar-refractivity contribution is 0.674. The summed E-state index contributed by atoms with van der Waals surface area (Å²) in [7, 11) is 2.03. The van der Waals surface area contributed by atoms with Crippen molar-refractivity contribution in [3.05, 3.63) is 46.6 Å². The highest BCUT2D eigenvalue weighted by molar-refractivity contribution is 7.98. The number of hydrogen-bond acceptors (Lipinski definition) is 3. The van der Waals surface area contributed by atoms with Crippen molar-refractivity contribution in [1.82, 2.24) is 15.1 Å². The molecular weight excluding hydrogens is 266 g/mol. The average molecular weight is 289 g/mol. The summed E-state index contributed by atoms with van der Waals surface area (Å²) in [5.74, 6) is 0.986. The lowest BCUT2D eigenvalue weighted by Crippen LogP contribution is -2.12. The minimum absolute atomic E-state index is 0.895. The Morgan fingerprint density at radius 1 is 1.30 bits per heavy atom. The second kappa shape index (κ2) is 6.95. The maximum absolute atomic E-state index is 4.55. The van der Waals surface area contributed by atoms with Crippen LogP contribution in [-0.4, -0.2) is 16.3 Å². The molecule has 0 saturated carbocycles. The van der Waals surface area contributed by atoms with Gasteiger partial charge in [0.1, 0.15) is 0 Å². The minimum atomic E-state index is 0.895. The summed E-state index contributed by atoms with van der Waals surface area (Å²) in [6, 6.07) is 8.70. The fraction of sp³-hybridized carbons (Fsp3) is 0.438. The molecule has 108 valence electrons. The maximum Gasteiger partial charge on any atom is 0.0987 e. The van der Waals surface area contributed by atoms with E-state index in [-0.39, 0.29) is 0 Å². The van der Waals surface area contributed by atoms with Crippen molar-refractivity contribution in [2.75, 3.05) is 6.54 Å². The van der Waals surface area contributed by atoms with Gasteiger partial charge >= 0.3 is 0 Å². The molecular formula is C16H23N3S. The third-order valence-corrected chi connectivity index (χ3v) is 4.56. The molecule has 0 amide bonds. The normalized spacial score (nSPS) is 11.0. The molecule has 0 atom stereocenters. The van der Waals surface area contributed by atoms with Gasteiger partial charge in [-0.15, -0.1) is 11.8 Å². The summed E-state index contributed by atoms with van der Waals surface area (Å²) in [5, 5.41) is 9.22. The fourth-order valence-electron chi connectivity index (χ4n) is 2.27. The highest BCUT2D eigenvalue weighted by Crippen LogP contribution is 2.28. The Morgan fingerprint density at radius 3 is 2.80 bits per heavy atom. The predicted octanol–water partition coefficient (Wildman–Crippen LogP) is 3.44. The first-order valence-electron chi connectivity index (χ1n) is 7.03. The predicted molar refractivity (Wildman–Crippen MR) is 86.1 cm³/mol. The summed E-state index contributed by atoms with van der Waals surface area (Å²) in [6.07, 6.45) is 0. The molecule has 0 bridgehead atoms. The molecule has 2 rings (SSSR count). The first-order valence-corrected chi connectivity index (χ1v) is 8.02. The standard InChI is InChI=1S/C16H23N3S/c1-5-17-10-15-13(3)18-19(4)16(15)20-11-14-8-6-7-12(2)9-14/h6-9,17H,5,10-11H2,1-4H3. The number of thioether (sulfide) groups is 1. The van der Waals surface area contributed by atoms with E-state index in [1.54, 1.807) is 0 Å². The van der Waals surface area contributed by atoms with Gasteiger partial charge in [-0.25, -0.2) is 0 Å². The third kappa shape index (κ3) is 3.64. The van der Waals surface area contributed by atoms with Gasteiger partial charge in [0, 0.05) is 24.9 Å². The van der Waals surface area contributed by atoms with E-state index in [0.29, 0.717) is 0 Å². The smallest absolute Gasteiger partial charge is 0.0987 e. The SMILES string of the molecule is CCNCc1c(C)nn(C)c1SCc1cccc(C)c1. The monoisotopic (exact) mass is 289 g/mol. The number of hydrogen-bond donors (Lipinski definition) is 1. The van der Waals surface area contributed by atoms with E-state index < -0.39 is 0 Å². The number of nitrogens with one attached hydrogen (secondary N) is 1. The molecule has 0 fully saturated rings. The Morgan fingerprint density at radius 2 is 2.10 bits per heavy atom. The van der Waals surface area contributed by atoms with Crippen LogP contribution in [0.1, 0.15) is 29.3 Å². The van der Waals surface area contributed by atoms with Gasteiger partial charge < -0.3 is 5.32 Å². The molecule has 2 aromatic rings. The van der Waals surface area contributed by atoms with Gasteiger partial charge in [0.25, 0.3) is 0 Å². The van der Waals surface area contributed by atoms with Crippen molar-refractivity contribution in [2.24, 2.45) is 7.05 Å². The molecule has 4 heteroatoms. The van der Waals surface area contributed by atoms with Gasteiger partial charge in [-0.05, 0) is 26.0 Å². The van der Waals surface area contributed by atoms with Crippen LogP contribution in [0.2, 0.25) is 0 Å².